The fourth-order valence-electron chi connectivity index (χ4n) is 2.55. The highest BCUT2D eigenvalue weighted by Gasteiger charge is 2.18. The molecule has 0 saturated carbocycles. The van der Waals surface area contributed by atoms with Gasteiger partial charge in [-0.1, -0.05) is 12.1 Å². The Balaban J connectivity index is 1.97. The minimum absolute atomic E-state index is 0.184. The van der Waals surface area contributed by atoms with Crippen molar-refractivity contribution in [2.24, 2.45) is 5.73 Å². The highest BCUT2D eigenvalue weighted by molar-refractivity contribution is 5.97. The molecule has 1 unspecified atom stereocenters. The smallest absolute Gasteiger partial charge is 0.318 e. The number of hydrogen-bond donors (Lipinski definition) is 3. The quantitative estimate of drug-likeness (QED) is 0.758. The van der Waals surface area contributed by atoms with Gasteiger partial charge in [-0.2, -0.15) is 0 Å². The Labute approximate surface area is 135 Å². The van der Waals surface area contributed by atoms with Crippen LogP contribution in [0.4, 0.5) is 10.5 Å². The van der Waals surface area contributed by atoms with E-state index in [9.17, 15) is 14.4 Å². The molecule has 23 heavy (non-hydrogen) atoms. The van der Waals surface area contributed by atoms with E-state index in [-0.39, 0.29) is 5.91 Å². The van der Waals surface area contributed by atoms with Crippen molar-refractivity contribution in [1.82, 2.24) is 10.2 Å². The molecule has 1 aromatic carbocycles. The van der Waals surface area contributed by atoms with Crippen LogP contribution in [0, 0.1) is 0 Å². The first-order valence-electron chi connectivity index (χ1n) is 7.69. The van der Waals surface area contributed by atoms with Crippen molar-refractivity contribution in [3.63, 3.8) is 0 Å². The maximum atomic E-state index is 11.9. The lowest BCUT2D eigenvalue weighted by atomic mass is 10.1. The number of hydrogen-bond acceptors (Lipinski definition) is 4. The molecule has 1 atom stereocenters. The highest BCUT2D eigenvalue weighted by Crippen LogP contribution is 2.17. The number of piperidine rings is 1. The van der Waals surface area contributed by atoms with E-state index in [1.54, 1.807) is 6.92 Å². The standard InChI is InChI=1S/C16H22N4O3/c1-11(15(22)19-16(17)23)18-13-6-4-5-12(9-13)10-20-8-3-2-7-14(20)21/h4-6,9,11,18H,2-3,7-8,10H2,1H3,(H3,17,19,22,23). The number of nitrogens with two attached hydrogens (primary N) is 1. The predicted octanol–water partition coefficient (Wildman–Crippen LogP) is 1.19. The summed E-state index contributed by atoms with van der Waals surface area (Å²) in [5, 5.41) is 5.05. The van der Waals surface area contributed by atoms with Crippen molar-refractivity contribution in [2.45, 2.75) is 38.8 Å². The molecule has 4 N–H and O–H groups in total. The molecule has 1 aromatic rings. The van der Waals surface area contributed by atoms with E-state index in [1.165, 1.54) is 0 Å². The Bertz CT molecular complexity index is 603. The Morgan fingerprint density at radius 1 is 1.35 bits per heavy atom. The van der Waals surface area contributed by atoms with E-state index >= 15 is 0 Å². The van der Waals surface area contributed by atoms with E-state index < -0.39 is 18.0 Å². The summed E-state index contributed by atoms with van der Waals surface area (Å²) in [6.45, 7) is 2.99. The molecule has 7 heteroatoms. The Morgan fingerprint density at radius 2 is 2.13 bits per heavy atom. The number of amides is 4. The first kappa shape index (κ1) is 16.8. The molecule has 1 fully saturated rings. The van der Waals surface area contributed by atoms with E-state index in [1.807, 2.05) is 34.5 Å². The third-order valence-corrected chi connectivity index (χ3v) is 3.74. The van der Waals surface area contributed by atoms with Crippen molar-refractivity contribution in [2.75, 3.05) is 11.9 Å². The molecule has 7 nitrogen and oxygen atoms in total. The van der Waals surface area contributed by atoms with Gasteiger partial charge in [-0.05, 0) is 37.5 Å². The second-order valence-electron chi connectivity index (χ2n) is 5.69. The maximum Gasteiger partial charge on any atom is 0.318 e. The van der Waals surface area contributed by atoms with Crippen LogP contribution >= 0.6 is 0 Å². The second kappa shape index (κ2) is 7.62. The van der Waals surface area contributed by atoms with Crippen LogP contribution < -0.4 is 16.4 Å². The van der Waals surface area contributed by atoms with Gasteiger partial charge >= 0.3 is 6.03 Å². The Kier molecular flexibility index (Phi) is 5.56. The number of nitrogens with one attached hydrogen (secondary N) is 2. The number of likely N-dealkylation sites (tertiary alicyclic amines) is 1. The Hall–Kier alpha value is -2.57. The number of imide groups is 1. The van der Waals surface area contributed by atoms with Crippen molar-refractivity contribution in [3.8, 4) is 0 Å². The van der Waals surface area contributed by atoms with Gasteiger partial charge in [0.2, 0.25) is 11.8 Å². The lowest BCUT2D eigenvalue weighted by Crippen LogP contribution is -2.43. The van der Waals surface area contributed by atoms with Gasteiger partial charge < -0.3 is 16.0 Å². The summed E-state index contributed by atoms with van der Waals surface area (Å²) in [7, 11) is 0. The number of carbonyl (C=O) groups is 3. The lowest BCUT2D eigenvalue weighted by molar-refractivity contribution is -0.133. The van der Waals surface area contributed by atoms with Gasteiger partial charge in [0.1, 0.15) is 6.04 Å². The molecule has 0 bridgehead atoms. The summed E-state index contributed by atoms with van der Waals surface area (Å²) in [5.41, 5.74) is 6.67. The minimum atomic E-state index is -0.874. The number of rotatable bonds is 5. The topological polar surface area (TPSA) is 105 Å². The molecule has 0 spiro atoms. The number of benzene rings is 1. The lowest BCUT2D eigenvalue weighted by Gasteiger charge is -2.27. The largest absolute Gasteiger partial charge is 0.374 e. The molecule has 1 heterocycles. The van der Waals surface area contributed by atoms with Crippen molar-refractivity contribution in [3.05, 3.63) is 29.8 Å². The summed E-state index contributed by atoms with van der Waals surface area (Å²) in [4.78, 5) is 36.1. The fraction of sp³-hybridized carbons (Fsp3) is 0.438. The van der Waals surface area contributed by atoms with Crippen LogP contribution in [-0.2, 0) is 16.1 Å². The van der Waals surface area contributed by atoms with Crippen LogP contribution in [0.15, 0.2) is 24.3 Å². The third kappa shape index (κ3) is 4.98. The van der Waals surface area contributed by atoms with Crippen LogP contribution in [0.25, 0.3) is 0 Å². The molecule has 1 aliphatic heterocycles. The maximum absolute atomic E-state index is 11.9. The number of nitrogens with zero attached hydrogens (tertiary/aromatic N) is 1. The zero-order valence-corrected chi connectivity index (χ0v) is 13.2. The summed E-state index contributed by atoms with van der Waals surface area (Å²) < 4.78 is 0. The highest BCUT2D eigenvalue weighted by atomic mass is 16.2. The van der Waals surface area contributed by atoms with Gasteiger partial charge in [0.05, 0.1) is 0 Å². The summed E-state index contributed by atoms with van der Waals surface area (Å²) in [6, 6.07) is 6.06. The van der Waals surface area contributed by atoms with Crippen LogP contribution in [0.5, 0.6) is 0 Å². The molecule has 124 valence electrons. The molecule has 0 radical (unpaired) electrons. The average Bonchev–Trinajstić information content (AvgIpc) is 2.49. The predicted molar refractivity (Wildman–Crippen MR) is 86.5 cm³/mol. The van der Waals surface area contributed by atoms with Crippen molar-refractivity contribution in [1.29, 1.82) is 0 Å². The van der Waals surface area contributed by atoms with Gasteiger partial charge in [0.15, 0.2) is 0 Å². The second-order valence-corrected chi connectivity index (χ2v) is 5.69. The summed E-state index contributed by atoms with van der Waals surface area (Å²) in [6.07, 6.45) is 2.61. The summed E-state index contributed by atoms with van der Waals surface area (Å²) in [5.74, 6) is -0.307. The van der Waals surface area contributed by atoms with Crippen molar-refractivity contribution < 1.29 is 14.4 Å². The van der Waals surface area contributed by atoms with Crippen molar-refractivity contribution >= 4 is 23.5 Å². The van der Waals surface area contributed by atoms with Crippen LogP contribution in [-0.4, -0.2) is 35.3 Å². The number of carbonyl (C=O) groups excluding carboxylic acids is 3. The van der Waals surface area contributed by atoms with Crippen LogP contribution in [0.3, 0.4) is 0 Å². The van der Waals surface area contributed by atoms with Gasteiger partial charge in [0.25, 0.3) is 0 Å². The summed E-state index contributed by atoms with van der Waals surface area (Å²) >= 11 is 0. The van der Waals surface area contributed by atoms with Gasteiger partial charge in [-0.15, -0.1) is 0 Å². The van der Waals surface area contributed by atoms with Gasteiger partial charge in [0, 0.05) is 25.2 Å². The van der Waals surface area contributed by atoms with E-state index in [4.69, 9.17) is 5.73 Å². The fourth-order valence-corrected chi connectivity index (χ4v) is 2.55. The van der Waals surface area contributed by atoms with Gasteiger partial charge in [-0.25, -0.2) is 4.79 Å². The normalized spacial score (nSPS) is 15.9. The number of primary amides is 1. The number of urea groups is 1. The monoisotopic (exact) mass is 318 g/mol. The molecule has 0 aromatic heterocycles. The average molecular weight is 318 g/mol. The molecule has 1 saturated heterocycles. The zero-order chi connectivity index (χ0) is 16.8. The number of anilines is 1. The third-order valence-electron chi connectivity index (χ3n) is 3.74. The first-order chi connectivity index (χ1) is 11.0. The zero-order valence-electron chi connectivity index (χ0n) is 13.2. The van der Waals surface area contributed by atoms with Crippen LogP contribution in [0.2, 0.25) is 0 Å². The SMILES string of the molecule is CC(Nc1cccc(CN2CCCCC2=O)c1)C(=O)NC(N)=O. The molecule has 0 aliphatic carbocycles. The molecule has 1 aliphatic rings. The molecular weight excluding hydrogens is 296 g/mol. The van der Waals surface area contributed by atoms with Gasteiger partial charge in [-0.3, -0.25) is 14.9 Å². The first-order valence-corrected chi connectivity index (χ1v) is 7.69. The van der Waals surface area contributed by atoms with E-state index in [0.29, 0.717) is 13.0 Å². The van der Waals surface area contributed by atoms with E-state index in [2.05, 4.69) is 5.32 Å². The molecule has 4 amide bonds. The van der Waals surface area contributed by atoms with Crippen LogP contribution in [0.1, 0.15) is 31.7 Å². The molecule has 2 rings (SSSR count). The Morgan fingerprint density at radius 3 is 2.83 bits per heavy atom. The molecular formula is C16H22N4O3. The van der Waals surface area contributed by atoms with E-state index in [0.717, 1.165) is 30.6 Å². The minimum Gasteiger partial charge on any atom is -0.374 e.